The topological polar surface area (TPSA) is 81.5 Å². The number of hydrogen-bond acceptors (Lipinski definition) is 7. The van der Waals surface area contributed by atoms with Gasteiger partial charge in [0.1, 0.15) is 11.5 Å². The zero-order valence-electron chi connectivity index (χ0n) is 19.9. The Morgan fingerprint density at radius 3 is 2.56 bits per heavy atom. The van der Waals surface area contributed by atoms with Crippen LogP contribution in [0.2, 0.25) is 0 Å². The number of para-hydroxylation sites is 1. The van der Waals surface area contributed by atoms with Gasteiger partial charge in [0.25, 0.3) is 0 Å². The molecule has 8 nitrogen and oxygen atoms in total. The van der Waals surface area contributed by atoms with Crippen LogP contribution >= 0.6 is 11.8 Å². The molecule has 4 rings (SSSR count). The Labute approximate surface area is 204 Å². The molecule has 1 aliphatic rings. The van der Waals surface area contributed by atoms with Gasteiger partial charge < -0.3 is 14.8 Å². The molecule has 1 atom stereocenters. The summed E-state index contributed by atoms with van der Waals surface area (Å²) in [7, 11) is 3.23. The van der Waals surface area contributed by atoms with Crippen molar-refractivity contribution in [3.05, 3.63) is 59.9 Å². The molecule has 9 heteroatoms. The maximum Gasteiger partial charge on any atom is 0.230 e. The molecule has 180 valence electrons. The highest BCUT2D eigenvalue weighted by Crippen LogP contribution is 2.29. The van der Waals surface area contributed by atoms with E-state index in [-0.39, 0.29) is 17.7 Å². The summed E-state index contributed by atoms with van der Waals surface area (Å²) in [5.41, 5.74) is 1.86. The number of benzene rings is 2. The Morgan fingerprint density at radius 2 is 1.85 bits per heavy atom. The summed E-state index contributed by atoms with van der Waals surface area (Å²) in [6, 6.07) is 15.4. The Bertz CT molecular complexity index is 1100. The molecule has 1 fully saturated rings. The van der Waals surface area contributed by atoms with Gasteiger partial charge in [-0.2, -0.15) is 0 Å². The SMILES string of the molecule is COc1ccc(OC)c(C(C)NC(=O)CSc2nnc(CN3CCCC3)n2-c2ccccc2)c1. The lowest BCUT2D eigenvalue weighted by Gasteiger charge is -2.18. The molecule has 1 unspecified atom stereocenters. The van der Waals surface area contributed by atoms with Crippen molar-refractivity contribution in [2.75, 3.05) is 33.1 Å². The fourth-order valence-corrected chi connectivity index (χ4v) is 4.92. The van der Waals surface area contributed by atoms with E-state index < -0.39 is 0 Å². The van der Waals surface area contributed by atoms with Crippen LogP contribution in [-0.2, 0) is 11.3 Å². The van der Waals surface area contributed by atoms with E-state index in [9.17, 15) is 4.79 Å². The summed E-state index contributed by atoms with van der Waals surface area (Å²) in [6.45, 7) is 4.85. The van der Waals surface area contributed by atoms with Gasteiger partial charge in [-0.3, -0.25) is 14.3 Å². The van der Waals surface area contributed by atoms with Gasteiger partial charge in [-0.15, -0.1) is 10.2 Å². The van der Waals surface area contributed by atoms with Crippen LogP contribution in [-0.4, -0.2) is 58.6 Å². The third-order valence-corrected chi connectivity index (χ3v) is 6.82. The van der Waals surface area contributed by atoms with E-state index in [2.05, 4.69) is 25.0 Å². The van der Waals surface area contributed by atoms with Crippen molar-refractivity contribution < 1.29 is 14.3 Å². The summed E-state index contributed by atoms with van der Waals surface area (Å²) < 4.78 is 12.8. The number of carbonyl (C=O) groups excluding carboxylic acids is 1. The van der Waals surface area contributed by atoms with E-state index in [1.165, 1.54) is 24.6 Å². The highest BCUT2D eigenvalue weighted by atomic mass is 32.2. The van der Waals surface area contributed by atoms with E-state index in [0.717, 1.165) is 36.7 Å². The number of ether oxygens (including phenoxy) is 2. The second-order valence-electron chi connectivity index (χ2n) is 8.24. The van der Waals surface area contributed by atoms with Crippen LogP contribution < -0.4 is 14.8 Å². The Morgan fingerprint density at radius 1 is 1.09 bits per heavy atom. The molecule has 3 aromatic rings. The van der Waals surface area contributed by atoms with Crippen molar-refractivity contribution in [3.63, 3.8) is 0 Å². The lowest BCUT2D eigenvalue weighted by molar-refractivity contribution is -0.119. The normalized spacial score (nSPS) is 14.7. The molecule has 1 N–H and O–H groups in total. The zero-order valence-corrected chi connectivity index (χ0v) is 20.7. The highest BCUT2D eigenvalue weighted by molar-refractivity contribution is 7.99. The minimum Gasteiger partial charge on any atom is -0.497 e. The van der Waals surface area contributed by atoms with Gasteiger partial charge in [0.2, 0.25) is 5.91 Å². The first-order chi connectivity index (χ1) is 16.6. The summed E-state index contributed by atoms with van der Waals surface area (Å²) in [4.78, 5) is 15.2. The minimum atomic E-state index is -0.240. The average molecular weight is 482 g/mol. The van der Waals surface area contributed by atoms with E-state index in [1.807, 2.05) is 55.5 Å². The number of hydrogen-bond donors (Lipinski definition) is 1. The second kappa shape index (κ2) is 11.4. The number of thioether (sulfide) groups is 1. The molecule has 0 aliphatic carbocycles. The summed E-state index contributed by atoms with van der Waals surface area (Å²) in [5.74, 6) is 2.45. The van der Waals surface area contributed by atoms with E-state index >= 15 is 0 Å². The highest BCUT2D eigenvalue weighted by Gasteiger charge is 2.21. The predicted molar refractivity (Wildman–Crippen MR) is 133 cm³/mol. The molecule has 0 bridgehead atoms. The van der Waals surface area contributed by atoms with E-state index in [0.29, 0.717) is 16.7 Å². The smallest absolute Gasteiger partial charge is 0.230 e. The van der Waals surface area contributed by atoms with Crippen LogP contribution in [0.5, 0.6) is 11.5 Å². The quantitative estimate of drug-likeness (QED) is 0.441. The summed E-state index contributed by atoms with van der Waals surface area (Å²) >= 11 is 1.39. The first-order valence-electron chi connectivity index (χ1n) is 11.4. The van der Waals surface area contributed by atoms with Crippen LogP contribution in [0.15, 0.2) is 53.7 Å². The molecule has 2 aromatic carbocycles. The maximum absolute atomic E-state index is 12.8. The van der Waals surface area contributed by atoms with Gasteiger partial charge in [-0.1, -0.05) is 30.0 Å². The van der Waals surface area contributed by atoms with Crippen LogP contribution in [0.1, 0.15) is 37.2 Å². The van der Waals surface area contributed by atoms with Crippen molar-refractivity contribution in [1.82, 2.24) is 25.0 Å². The number of carbonyl (C=O) groups is 1. The molecule has 0 radical (unpaired) electrons. The van der Waals surface area contributed by atoms with Crippen molar-refractivity contribution in [2.24, 2.45) is 0 Å². The Hall–Kier alpha value is -3.04. The standard InChI is InChI=1S/C25H31N5O3S/c1-18(21-15-20(32-2)11-12-22(21)33-3)26-24(31)17-34-25-28-27-23(16-29-13-7-8-14-29)30(25)19-9-5-4-6-10-19/h4-6,9-12,15,18H,7-8,13-14,16-17H2,1-3H3,(H,26,31). The monoisotopic (exact) mass is 481 g/mol. The number of methoxy groups -OCH3 is 2. The molecule has 1 aromatic heterocycles. The molecule has 34 heavy (non-hydrogen) atoms. The zero-order chi connectivity index (χ0) is 23.9. The number of nitrogens with one attached hydrogen (secondary N) is 1. The van der Waals surface area contributed by atoms with Gasteiger partial charge in [0.05, 0.1) is 32.6 Å². The Kier molecular flexibility index (Phi) is 8.08. The molecule has 1 amide bonds. The minimum absolute atomic E-state index is 0.0916. The molecule has 1 aliphatic heterocycles. The molecular weight excluding hydrogens is 450 g/mol. The van der Waals surface area contributed by atoms with Crippen LogP contribution in [0, 0.1) is 0 Å². The first-order valence-corrected chi connectivity index (χ1v) is 12.4. The lowest BCUT2D eigenvalue weighted by Crippen LogP contribution is -2.28. The maximum atomic E-state index is 12.8. The fourth-order valence-electron chi connectivity index (χ4n) is 4.14. The number of likely N-dealkylation sites (tertiary alicyclic amines) is 1. The van der Waals surface area contributed by atoms with E-state index in [4.69, 9.17) is 9.47 Å². The fraction of sp³-hybridized carbons (Fsp3) is 0.400. The molecule has 0 spiro atoms. The van der Waals surface area contributed by atoms with Gasteiger partial charge >= 0.3 is 0 Å². The predicted octanol–water partition coefficient (Wildman–Crippen LogP) is 3.85. The molecule has 1 saturated heterocycles. The summed E-state index contributed by atoms with van der Waals surface area (Å²) in [5, 5.41) is 12.7. The second-order valence-corrected chi connectivity index (χ2v) is 9.18. The van der Waals surface area contributed by atoms with Crippen molar-refractivity contribution in [3.8, 4) is 17.2 Å². The van der Waals surface area contributed by atoms with Gasteiger partial charge in [-0.05, 0) is 63.2 Å². The lowest BCUT2D eigenvalue weighted by atomic mass is 10.1. The van der Waals surface area contributed by atoms with Crippen LogP contribution in [0.25, 0.3) is 5.69 Å². The van der Waals surface area contributed by atoms with Crippen LogP contribution in [0.3, 0.4) is 0 Å². The molecule has 2 heterocycles. The third-order valence-electron chi connectivity index (χ3n) is 5.89. The number of aromatic nitrogens is 3. The third kappa shape index (κ3) is 5.71. The van der Waals surface area contributed by atoms with Gasteiger partial charge in [-0.25, -0.2) is 0 Å². The van der Waals surface area contributed by atoms with Crippen LogP contribution in [0.4, 0.5) is 0 Å². The largest absolute Gasteiger partial charge is 0.497 e. The first kappa shape index (κ1) is 24.1. The number of amides is 1. The van der Waals surface area contributed by atoms with Gasteiger partial charge in [0, 0.05) is 11.3 Å². The van der Waals surface area contributed by atoms with Crippen molar-refractivity contribution >= 4 is 17.7 Å². The van der Waals surface area contributed by atoms with Gasteiger partial charge in [0.15, 0.2) is 11.0 Å². The molecular formula is C25H31N5O3S. The van der Waals surface area contributed by atoms with Crippen molar-refractivity contribution in [2.45, 2.75) is 37.5 Å². The average Bonchev–Trinajstić information content (AvgIpc) is 3.53. The number of rotatable bonds is 10. The van der Waals surface area contributed by atoms with Crippen molar-refractivity contribution in [1.29, 1.82) is 0 Å². The molecule has 0 saturated carbocycles. The number of nitrogens with zero attached hydrogens (tertiary/aromatic N) is 4. The van der Waals surface area contributed by atoms with E-state index in [1.54, 1.807) is 14.2 Å². The Balaban J connectivity index is 1.46. The summed E-state index contributed by atoms with van der Waals surface area (Å²) in [6.07, 6.45) is 2.44.